The quantitative estimate of drug-likeness (QED) is 0.613. The predicted octanol–water partition coefficient (Wildman–Crippen LogP) is 3.13. The normalized spacial score (nSPS) is 11.3. The third kappa shape index (κ3) is 1.71. The lowest BCUT2D eigenvalue weighted by atomic mass is 10.0. The summed E-state index contributed by atoms with van der Waals surface area (Å²) in [6.45, 7) is 0. The summed E-state index contributed by atoms with van der Waals surface area (Å²) >= 11 is 0. The molecular weight excluding hydrogens is 264 g/mol. The number of nitrogens with one attached hydrogen (secondary N) is 1. The van der Waals surface area contributed by atoms with E-state index in [1.165, 1.54) is 0 Å². The number of aromatic amines is 1. The SMILES string of the molecule is COc1cc2c(-c3ccnc4[nH]ccc34)cn(C)c2cn1. The van der Waals surface area contributed by atoms with Gasteiger partial charge in [0.1, 0.15) is 5.65 Å². The van der Waals surface area contributed by atoms with Gasteiger partial charge in [-0.2, -0.15) is 0 Å². The summed E-state index contributed by atoms with van der Waals surface area (Å²) < 4.78 is 7.34. The Hall–Kier alpha value is -2.82. The molecule has 0 unspecified atom stereocenters. The number of hydrogen-bond donors (Lipinski definition) is 1. The lowest BCUT2D eigenvalue weighted by molar-refractivity contribution is 0.398. The van der Waals surface area contributed by atoms with Crippen LogP contribution in [-0.2, 0) is 7.05 Å². The number of methoxy groups -OCH3 is 1. The summed E-state index contributed by atoms with van der Waals surface area (Å²) in [5, 5.41) is 2.24. The smallest absolute Gasteiger partial charge is 0.213 e. The Morgan fingerprint density at radius 1 is 1.14 bits per heavy atom. The molecule has 0 saturated heterocycles. The van der Waals surface area contributed by atoms with Crippen LogP contribution in [0.25, 0.3) is 33.1 Å². The number of aryl methyl sites for hydroxylation is 1. The summed E-state index contributed by atoms with van der Waals surface area (Å²) in [4.78, 5) is 11.8. The summed E-state index contributed by atoms with van der Waals surface area (Å²) in [7, 11) is 3.66. The molecule has 4 aromatic rings. The third-order valence-corrected chi connectivity index (χ3v) is 3.81. The molecule has 0 aliphatic heterocycles. The van der Waals surface area contributed by atoms with E-state index in [0.717, 1.165) is 33.1 Å². The number of aromatic nitrogens is 4. The number of pyridine rings is 2. The molecule has 0 aliphatic rings. The van der Waals surface area contributed by atoms with Gasteiger partial charge in [-0.1, -0.05) is 0 Å². The van der Waals surface area contributed by atoms with Crippen LogP contribution in [0.5, 0.6) is 5.88 Å². The fourth-order valence-electron chi connectivity index (χ4n) is 2.78. The molecule has 5 heteroatoms. The second kappa shape index (κ2) is 4.34. The monoisotopic (exact) mass is 278 g/mol. The molecule has 0 amide bonds. The zero-order valence-corrected chi connectivity index (χ0v) is 11.8. The molecule has 4 heterocycles. The Labute approximate surface area is 121 Å². The number of ether oxygens (including phenoxy) is 1. The highest BCUT2D eigenvalue weighted by atomic mass is 16.5. The first-order valence-electron chi connectivity index (χ1n) is 6.69. The zero-order chi connectivity index (χ0) is 14.4. The van der Waals surface area contributed by atoms with Gasteiger partial charge in [-0.3, -0.25) is 0 Å². The van der Waals surface area contributed by atoms with Crippen LogP contribution in [0.4, 0.5) is 0 Å². The van der Waals surface area contributed by atoms with Crippen LogP contribution in [0.15, 0.2) is 43.0 Å². The van der Waals surface area contributed by atoms with Gasteiger partial charge in [0.05, 0.1) is 18.8 Å². The summed E-state index contributed by atoms with van der Waals surface area (Å²) in [5.41, 5.74) is 4.28. The molecule has 4 aromatic heterocycles. The summed E-state index contributed by atoms with van der Waals surface area (Å²) in [6, 6.07) is 6.07. The number of hydrogen-bond acceptors (Lipinski definition) is 3. The van der Waals surface area contributed by atoms with Crippen LogP contribution in [0.1, 0.15) is 0 Å². The van der Waals surface area contributed by atoms with Gasteiger partial charge in [-0.15, -0.1) is 0 Å². The Morgan fingerprint density at radius 2 is 2.05 bits per heavy atom. The van der Waals surface area contributed by atoms with Crippen LogP contribution in [0.2, 0.25) is 0 Å². The van der Waals surface area contributed by atoms with Gasteiger partial charge in [0.15, 0.2) is 0 Å². The van der Waals surface area contributed by atoms with Crippen molar-refractivity contribution >= 4 is 21.9 Å². The molecule has 0 atom stereocenters. The van der Waals surface area contributed by atoms with Gasteiger partial charge in [0.25, 0.3) is 0 Å². The highest BCUT2D eigenvalue weighted by Crippen LogP contribution is 2.34. The van der Waals surface area contributed by atoms with Crippen molar-refractivity contribution in [3.63, 3.8) is 0 Å². The fraction of sp³-hybridized carbons (Fsp3) is 0.125. The molecule has 0 radical (unpaired) electrons. The minimum atomic E-state index is 0.620. The van der Waals surface area contributed by atoms with Gasteiger partial charge in [0, 0.05) is 48.0 Å². The first-order valence-corrected chi connectivity index (χ1v) is 6.69. The van der Waals surface area contributed by atoms with E-state index in [2.05, 4.69) is 31.8 Å². The van der Waals surface area contributed by atoms with Crippen LogP contribution in [0.3, 0.4) is 0 Å². The predicted molar refractivity (Wildman–Crippen MR) is 82.4 cm³/mol. The molecule has 104 valence electrons. The highest BCUT2D eigenvalue weighted by Gasteiger charge is 2.13. The molecule has 5 nitrogen and oxygen atoms in total. The lowest BCUT2D eigenvalue weighted by Crippen LogP contribution is -1.88. The van der Waals surface area contributed by atoms with Crippen molar-refractivity contribution in [1.82, 2.24) is 19.5 Å². The van der Waals surface area contributed by atoms with E-state index in [1.54, 1.807) is 7.11 Å². The lowest BCUT2D eigenvalue weighted by Gasteiger charge is -2.03. The Balaban J connectivity index is 2.08. The van der Waals surface area contributed by atoms with Crippen LogP contribution < -0.4 is 4.74 Å². The number of rotatable bonds is 2. The average molecular weight is 278 g/mol. The van der Waals surface area contributed by atoms with Crippen molar-refractivity contribution in [3.05, 3.63) is 43.0 Å². The van der Waals surface area contributed by atoms with Crippen molar-refractivity contribution < 1.29 is 4.74 Å². The Morgan fingerprint density at radius 3 is 2.90 bits per heavy atom. The molecule has 0 aromatic carbocycles. The maximum absolute atomic E-state index is 5.26. The Kier molecular flexibility index (Phi) is 2.47. The van der Waals surface area contributed by atoms with E-state index in [-0.39, 0.29) is 0 Å². The van der Waals surface area contributed by atoms with Gasteiger partial charge in [-0.25, -0.2) is 9.97 Å². The van der Waals surface area contributed by atoms with E-state index in [4.69, 9.17) is 4.74 Å². The van der Waals surface area contributed by atoms with Crippen molar-refractivity contribution in [3.8, 4) is 17.0 Å². The summed E-state index contributed by atoms with van der Waals surface area (Å²) in [5.74, 6) is 0.620. The zero-order valence-electron chi connectivity index (χ0n) is 11.8. The molecule has 1 N–H and O–H groups in total. The van der Waals surface area contributed by atoms with E-state index in [1.807, 2.05) is 37.8 Å². The number of H-pyrrole nitrogens is 1. The van der Waals surface area contributed by atoms with Gasteiger partial charge in [-0.05, 0) is 17.7 Å². The molecule has 0 spiro atoms. The molecule has 0 bridgehead atoms. The van der Waals surface area contributed by atoms with Crippen molar-refractivity contribution in [2.75, 3.05) is 7.11 Å². The van der Waals surface area contributed by atoms with E-state index in [0.29, 0.717) is 5.88 Å². The second-order valence-corrected chi connectivity index (χ2v) is 5.00. The highest BCUT2D eigenvalue weighted by molar-refractivity contribution is 6.03. The number of nitrogens with zero attached hydrogens (tertiary/aromatic N) is 3. The minimum Gasteiger partial charge on any atom is -0.481 e. The van der Waals surface area contributed by atoms with Gasteiger partial charge >= 0.3 is 0 Å². The third-order valence-electron chi connectivity index (χ3n) is 3.81. The first kappa shape index (κ1) is 12.0. The van der Waals surface area contributed by atoms with Crippen molar-refractivity contribution in [2.45, 2.75) is 0 Å². The maximum atomic E-state index is 5.26. The topological polar surface area (TPSA) is 55.7 Å². The molecule has 0 saturated carbocycles. The van der Waals surface area contributed by atoms with Crippen molar-refractivity contribution in [2.24, 2.45) is 7.05 Å². The van der Waals surface area contributed by atoms with E-state index >= 15 is 0 Å². The molecule has 0 fully saturated rings. The first-order chi connectivity index (χ1) is 10.3. The molecule has 4 rings (SSSR count). The Bertz CT molecular complexity index is 951. The molecular formula is C16H14N4O. The largest absolute Gasteiger partial charge is 0.481 e. The minimum absolute atomic E-state index is 0.620. The fourth-order valence-corrected chi connectivity index (χ4v) is 2.78. The molecule has 21 heavy (non-hydrogen) atoms. The maximum Gasteiger partial charge on any atom is 0.213 e. The van der Waals surface area contributed by atoms with Crippen LogP contribution in [-0.4, -0.2) is 26.6 Å². The van der Waals surface area contributed by atoms with E-state index in [9.17, 15) is 0 Å². The second-order valence-electron chi connectivity index (χ2n) is 5.00. The van der Waals surface area contributed by atoms with Crippen LogP contribution in [0, 0.1) is 0 Å². The standard InChI is InChI=1S/C16H14N4O/c1-20-9-13(12-7-15(21-2)19-8-14(12)20)10-3-5-17-16-11(10)4-6-18-16/h3-9H,1-2H3,(H,17,18). The van der Waals surface area contributed by atoms with Crippen molar-refractivity contribution in [1.29, 1.82) is 0 Å². The van der Waals surface area contributed by atoms with Gasteiger partial charge in [0.2, 0.25) is 5.88 Å². The van der Waals surface area contributed by atoms with Gasteiger partial charge < -0.3 is 14.3 Å². The van der Waals surface area contributed by atoms with E-state index < -0.39 is 0 Å². The summed E-state index contributed by atoms with van der Waals surface area (Å²) in [6.07, 6.45) is 7.70. The van der Waals surface area contributed by atoms with Crippen LogP contribution >= 0.6 is 0 Å². The number of fused-ring (bicyclic) bond motifs is 2. The average Bonchev–Trinajstić information content (AvgIpc) is 3.11. The molecule has 0 aliphatic carbocycles.